The third kappa shape index (κ3) is 3.96. The molecule has 1 saturated heterocycles. The Bertz CT molecular complexity index is 625. The molecule has 1 aliphatic rings. The fourth-order valence-corrected chi connectivity index (χ4v) is 2.82. The van der Waals surface area contributed by atoms with Crippen LogP contribution in [0.5, 0.6) is 0 Å². The summed E-state index contributed by atoms with van der Waals surface area (Å²) in [4.78, 5) is 28.4. The van der Waals surface area contributed by atoms with Crippen molar-refractivity contribution in [2.24, 2.45) is 0 Å². The number of benzene rings is 1. The standard InChI is InChI=1S/C17H24ClN3O2/c1-11-6-7-13(18)10-14(11)21-9-8-20(12(2)15(21)22)16(23)19-17(3,4)5/h6-7,10,12H,8-9H2,1-5H3,(H,19,23)/t12-/m1/s1. The first kappa shape index (κ1) is 17.6. The largest absolute Gasteiger partial charge is 0.333 e. The topological polar surface area (TPSA) is 52.6 Å². The van der Waals surface area contributed by atoms with Crippen molar-refractivity contribution in [2.45, 2.75) is 46.2 Å². The molecule has 0 unspecified atom stereocenters. The number of hydrogen-bond acceptors (Lipinski definition) is 2. The van der Waals surface area contributed by atoms with Crippen LogP contribution < -0.4 is 10.2 Å². The van der Waals surface area contributed by atoms with Gasteiger partial charge in [0.25, 0.3) is 0 Å². The van der Waals surface area contributed by atoms with Gasteiger partial charge in [-0.3, -0.25) is 4.79 Å². The lowest BCUT2D eigenvalue weighted by Gasteiger charge is -2.40. The lowest BCUT2D eigenvalue weighted by molar-refractivity contribution is -0.124. The van der Waals surface area contributed by atoms with Crippen LogP contribution in [0.2, 0.25) is 5.02 Å². The number of nitrogens with zero attached hydrogens (tertiary/aromatic N) is 2. The number of amides is 3. The number of aryl methyl sites for hydroxylation is 1. The summed E-state index contributed by atoms with van der Waals surface area (Å²) in [6, 6.07) is 4.78. The summed E-state index contributed by atoms with van der Waals surface area (Å²) in [6.07, 6.45) is 0. The number of carbonyl (C=O) groups is 2. The van der Waals surface area contributed by atoms with Crippen molar-refractivity contribution in [3.8, 4) is 0 Å². The highest BCUT2D eigenvalue weighted by Crippen LogP contribution is 2.27. The number of piperazine rings is 1. The van der Waals surface area contributed by atoms with Gasteiger partial charge in [-0.1, -0.05) is 17.7 Å². The molecule has 0 aliphatic carbocycles. The van der Waals surface area contributed by atoms with E-state index in [4.69, 9.17) is 11.6 Å². The lowest BCUT2D eigenvalue weighted by Crippen LogP contribution is -2.61. The molecule has 1 aromatic carbocycles. The van der Waals surface area contributed by atoms with E-state index in [0.717, 1.165) is 11.3 Å². The van der Waals surface area contributed by atoms with Crippen molar-refractivity contribution in [1.29, 1.82) is 0 Å². The van der Waals surface area contributed by atoms with Crippen LogP contribution in [-0.2, 0) is 4.79 Å². The van der Waals surface area contributed by atoms with Crippen molar-refractivity contribution in [3.05, 3.63) is 28.8 Å². The smallest absolute Gasteiger partial charge is 0.318 e. The summed E-state index contributed by atoms with van der Waals surface area (Å²) in [6.45, 7) is 10.4. The Labute approximate surface area is 142 Å². The van der Waals surface area contributed by atoms with Gasteiger partial charge in [-0.05, 0) is 52.3 Å². The number of urea groups is 1. The van der Waals surface area contributed by atoms with E-state index in [1.165, 1.54) is 0 Å². The lowest BCUT2D eigenvalue weighted by atomic mass is 10.1. The van der Waals surface area contributed by atoms with Crippen LogP contribution in [0.1, 0.15) is 33.3 Å². The molecule has 1 N–H and O–H groups in total. The normalized spacial score (nSPS) is 19.0. The highest BCUT2D eigenvalue weighted by molar-refractivity contribution is 6.31. The van der Waals surface area contributed by atoms with E-state index < -0.39 is 6.04 Å². The van der Waals surface area contributed by atoms with E-state index in [0.29, 0.717) is 18.1 Å². The number of carbonyl (C=O) groups excluding carboxylic acids is 2. The van der Waals surface area contributed by atoms with Crippen molar-refractivity contribution in [1.82, 2.24) is 10.2 Å². The molecular weight excluding hydrogens is 314 g/mol. The van der Waals surface area contributed by atoms with E-state index in [2.05, 4.69) is 5.32 Å². The monoisotopic (exact) mass is 337 g/mol. The molecule has 3 amide bonds. The number of nitrogens with one attached hydrogen (secondary N) is 1. The minimum atomic E-state index is -0.510. The van der Waals surface area contributed by atoms with Crippen LogP contribution in [0.4, 0.5) is 10.5 Å². The molecule has 1 aliphatic heterocycles. The Hall–Kier alpha value is -1.75. The summed E-state index contributed by atoms with van der Waals surface area (Å²) in [5, 5.41) is 3.51. The van der Waals surface area contributed by atoms with Gasteiger partial charge in [-0.15, -0.1) is 0 Å². The number of hydrogen-bond donors (Lipinski definition) is 1. The van der Waals surface area contributed by atoms with Crippen LogP contribution in [0.25, 0.3) is 0 Å². The van der Waals surface area contributed by atoms with Gasteiger partial charge < -0.3 is 15.1 Å². The molecule has 126 valence electrons. The number of halogens is 1. The van der Waals surface area contributed by atoms with E-state index >= 15 is 0 Å². The maximum absolute atomic E-state index is 12.7. The number of anilines is 1. The summed E-state index contributed by atoms with van der Waals surface area (Å²) < 4.78 is 0. The van der Waals surface area contributed by atoms with Gasteiger partial charge in [-0.2, -0.15) is 0 Å². The van der Waals surface area contributed by atoms with E-state index in [9.17, 15) is 9.59 Å². The first-order chi connectivity index (χ1) is 10.6. The predicted octanol–water partition coefficient (Wildman–Crippen LogP) is 3.19. The molecule has 0 aromatic heterocycles. The van der Waals surface area contributed by atoms with Crippen molar-refractivity contribution >= 4 is 29.2 Å². The fourth-order valence-electron chi connectivity index (χ4n) is 2.65. The van der Waals surface area contributed by atoms with Crippen LogP contribution in [0.15, 0.2) is 18.2 Å². The second-order valence-electron chi connectivity index (χ2n) is 6.97. The molecule has 0 spiro atoms. The Kier molecular flexibility index (Phi) is 4.90. The second kappa shape index (κ2) is 6.40. The van der Waals surface area contributed by atoms with Crippen LogP contribution in [-0.4, -0.2) is 41.5 Å². The molecule has 0 bridgehead atoms. The summed E-state index contributed by atoms with van der Waals surface area (Å²) in [5.74, 6) is -0.0920. The highest BCUT2D eigenvalue weighted by Gasteiger charge is 2.36. The van der Waals surface area contributed by atoms with Gasteiger partial charge in [0.2, 0.25) is 5.91 Å². The molecule has 1 aromatic rings. The maximum Gasteiger partial charge on any atom is 0.318 e. The van der Waals surface area contributed by atoms with Crippen molar-refractivity contribution in [2.75, 3.05) is 18.0 Å². The Morgan fingerprint density at radius 2 is 1.96 bits per heavy atom. The van der Waals surface area contributed by atoms with Crippen LogP contribution >= 0.6 is 11.6 Å². The third-order valence-electron chi connectivity index (χ3n) is 3.86. The van der Waals surface area contributed by atoms with Crippen molar-refractivity contribution < 1.29 is 9.59 Å². The minimum Gasteiger partial charge on any atom is -0.333 e. The summed E-state index contributed by atoms with van der Waals surface area (Å²) >= 11 is 6.06. The maximum atomic E-state index is 12.7. The molecule has 1 heterocycles. The third-order valence-corrected chi connectivity index (χ3v) is 4.10. The fraction of sp³-hybridized carbons (Fsp3) is 0.529. The Morgan fingerprint density at radius 1 is 1.30 bits per heavy atom. The van der Waals surface area contributed by atoms with Gasteiger partial charge >= 0.3 is 6.03 Å². The first-order valence-electron chi connectivity index (χ1n) is 7.76. The summed E-state index contributed by atoms with van der Waals surface area (Å²) in [5.41, 5.74) is 1.47. The average Bonchev–Trinajstić information content (AvgIpc) is 2.42. The van der Waals surface area contributed by atoms with E-state index in [-0.39, 0.29) is 17.5 Å². The number of rotatable bonds is 1. The van der Waals surface area contributed by atoms with Crippen LogP contribution in [0.3, 0.4) is 0 Å². The molecule has 0 saturated carbocycles. The first-order valence-corrected chi connectivity index (χ1v) is 8.14. The SMILES string of the molecule is Cc1ccc(Cl)cc1N1CCN(C(=O)NC(C)(C)C)[C@H](C)C1=O. The highest BCUT2D eigenvalue weighted by atomic mass is 35.5. The minimum absolute atomic E-state index is 0.0920. The van der Waals surface area contributed by atoms with Crippen molar-refractivity contribution in [3.63, 3.8) is 0 Å². The quantitative estimate of drug-likeness (QED) is 0.855. The van der Waals surface area contributed by atoms with Gasteiger partial charge in [0.15, 0.2) is 0 Å². The predicted molar refractivity (Wildman–Crippen MR) is 93.0 cm³/mol. The average molecular weight is 338 g/mol. The zero-order valence-electron chi connectivity index (χ0n) is 14.3. The molecule has 5 nitrogen and oxygen atoms in total. The van der Waals surface area contributed by atoms with Gasteiger partial charge in [0.1, 0.15) is 6.04 Å². The molecule has 1 atom stereocenters. The van der Waals surface area contributed by atoms with E-state index in [1.807, 2.05) is 33.8 Å². The Balaban J connectivity index is 2.18. The van der Waals surface area contributed by atoms with E-state index in [1.54, 1.807) is 28.9 Å². The Morgan fingerprint density at radius 3 is 2.57 bits per heavy atom. The molecule has 0 radical (unpaired) electrons. The van der Waals surface area contributed by atoms with Crippen LogP contribution in [0, 0.1) is 6.92 Å². The second-order valence-corrected chi connectivity index (χ2v) is 7.41. The molecule has 2 rings (SSSR count). The van der Waals surface area contributed by atoms with Gasteiger partial charge in [0.05, 0.1) is 0 Å². The van der Waals surface area contributed by atoms with Gasteiger partial charge in [-0.25, -0.2) is 4.79 Å². The zero-order valence-corrected chi connectivity index (χ0v) is 15.1. The van der Waals surface area contributed by atoms with Gasteiger partial charge in [0, 0.05) is 29.3 Å². The summed E-state index contributed by atoms with van der Waals surface area (Å²) in [7, 11) is 0. The molecule has 1 fully saturated rings. The molecular formula is C17H24ClN3O2. The molecule has 6 heteroatoms. The molecule has 23 heavy (non-hydrogen) atoms. The zero-order chi connectivity index (χ0) is 17.4.